The van der Waals surface area contributed by atoms with Gasteiger partial charge in [0.25, 0.3) is 0 Å². The van der Waals surface area contributed by atoms with Crippen molar-refractivity contribution in [1.29, 1.82) is 0 Å². The average molecular weight is 293 g/mol. The Morgan fingerprint density at radius 1 is 0.864 bits per heavy atom. The van der Waals surface area contributed by atoms with E-state index in [9.17, 15) is 5.11 Å². The summed E-state index contributed by atoms with van der Waals surface area (Å²) in [4.78, 5) is 2.37. The highest BCUT2D eigenvalue weighted by Gasteiger charge is 2.25. The summed E-state index contributed by atoms with van der Waals surface area (Å²) in [5.74, 6) is 0. The van der Waals surface area contributed by atoms with Gasteiger partial charge in [-0.1, -0.05) is 72.8 Å². The Morgan fingerprint density at radius 2 is 1.41 bits per heavy atom. The molecule has 2 aromatic rings. The lowest BCUT2D eigenvalue weighted by molar-refractivity contribution is 0.0546. The Labute approximate surface area is 132 Å². The van der Waals surface area contributed by atoms with Crippen LogP contribution in [-0.2, 0) is 13.1 Å². The van der Waals surface area contributed by atoms with Gasteiger partial charge in [-0.15, -0.1) is 0 Å². The smallest absolute Gasteiger partial charge is 0.0734 e. The predicted octanol–water partition coefficient (Wildman–Crippen LogP) is 3.77. The second-order valence-electron chi connectivity index (χ2n) is 5.94. The van der Waals surface area contributed by atoms with Crippen molar-refractivity contribution in [3.8, 4) is 0 Å². The van der Waals surface area contributed by atoms with Crippen molar-refractivity contribution in [2.24, 2.45) is 0 Å². The van der Waals surface area contributed by atoms with E-state index < -0.39 is 0 Å². The molecule has 0 spiro atoms. The van der Waals surface area contributed by atoms with Gasteiger partial charge in [0.15, 0.2) is 0 Å². The van der Waals surface area contributed by atoms with Crippen molar-refractivity contribution in [3.63, 3.8) is 0 Å². The zero-order chi connectivity index (χ0) is 15.2. The van der Waals surface area contributed by atoms with E-state index >= 15 is 0 Å². The van der Waals surface area contributed by atoms with Crippen molar-refractivity contribution < 1.29 is 5.11 Å². The van der Waals surface area contributed by atoms with Gasteiger partial charge in [0.2, 0.25) is 0 Å². The number of benzene rings is 2. The van der Waals surface area contributed by atoms with E-state index in [4.69, 9.17) is 0 Å². The molecule has 0 heterocycles. The van der Waals surface area contributed by atoms with Crippen LogP contribution >= 0.6 is 0 Å². The van der Waals surface area contributed by atoms with Gasteiger partial charge in [0.1, 0.15) is 0 Å². The van der Waals surface area contributed by atoms with Crippen molar-refractivity contribution in [3.05, 3.63) is 83.9 Å². The second-order valence-corrected chi connectivity index (χ2v) is 5.94. The van der Waals surface area contributed by atoms with Gasteiger partial charge in [-0.2, -0.15) is 0 Å². The molecule has 0 aromatic heterocycles. The third-order valence-electron chi connectivity index (χ3n) is 4.24. The lowest BCUT2D eigenvalue weighted by Crippen LogP contribution is -2.42. The van der Waals surface area contributed by atoms with E-state index in [0.717, 1.165) is 25.9 Å². The first kappa shape index (κ1) is 15.0. The summed E-state index contributed by atoms with van der Waals surface area (Å²) < 4.78 is 0. The van der Waals surface area contributed by atoms with Crippen LogP contribution < -0.4 is 0 Å². The van der Waals surface area contributed by atoms with Crippen molar-refractivity contribution in [2.75, 3.05) is 0 Å². The molecular weight excluding hydrogens is 270 g/mol. The number of allylic oxidation sites excluding steroid dienone is 1. The topological polar surface area (TPSA) is 23.5 Å². The van der Waals surface area contributed by atoms with Gasteiger partial charge in [0, 0.05) is 13.1 Å². The molecule has 0 unspecified atom stereocenters. The van der Waals surface area contributed by atoms with Gasteiger partial charge in [-0.3, -0.25) is 4.90 Å². The first-order valence-corrected chi connectivity index (χ1v) is 7.99. The maximum absolute atomic E-state index is 10.4. The van der Waals surface area contributed by atoms with Crippen LogP contribution in [0.3, 0.4) is 0 Å². The van der Waals surface area contributed by atoms with Gasteiger partial charge in [-0.25, -0.2) is 0 Å². The Bertz CT molecular complexity index is 552. The van der Waals surface area contributed by atoms with E-state index in [1.54, 1.807) is 0 Å². The van der Waals surface area contributed by atoms with Gasteiger partial charge >= 0.3 is 0 Å². The van der Waals surface area contributed by atoms with Crippen molar-refractivity contribution >= 4 is 0 Å². The van der Waals surface area contributed by atoms with Crippen LogP contribution in [0, 0.1) is 0 Å². The molecule has 1 aliphatic carbocycles. The third kappa shape index (κ3) is 3.85. The molecule has 3 rings (SSSR count). The summed E-state index contributed by atoms with van der Waals surface area (Å²) in [6.45, 7) is 1.70. The minimum atomic E-state index is -0.280. The Balaban J connectivity index is 1.81. The number of rotatable bonds is 5. The fourth-order valence-electron chi connectivity index (χ4n) is 3.07. The summed E-state index contributed by atoms with van der Waals surface area (Å²) in [5, 5.41) is 10.4. The Hall–Kier alpha value is -1.90. The first-order chi connectivity index (χ1) is 10.8. The van der Waals surface area contributed by atoms with Gasteiger partial charge in [0.05, 0.1) is 12.1 Å². The molecule has 0 saturated heterocycles. The fourth-order valence-corrected chi connectivity index (χ4v) is 3.07. The molecule has 0 amide bonds. The lowest BCUT2D eigenvalue weighted by Gasteiger charge is -2.35. The molecule has 1 N–H and O–H groups in total. The van der Waals surface area contributed by atoms with E-state index in [-0.39, 0.29) is 12.1 Å². The van der Waals surface area contributed by atoms with Crippen LogP contribution in [0.4, 0.5) is 0 Å². The molecule has 22 heavy (non-hydrogen) atoms. The largest absolute Gasteiger partial charge is 0.391 e. The molecular formula is C20H23NO. The summed E-state index contributed by atoms with van der Waals surface area (Å²) in [6.07, 6.45) is 5.90. The molecule has 1 aliphatic rings. The van der Waals surface area contributed by atoms with Crippen LogP contribution in [0.15, 0.2) is 72.8 Å². The summed E-state index contributed by atoms with van der Waals surface area (Å²) in [6, 6.07) is 21.1. The van der Waals surface area contributed by atoms with Gasteiger partial charge in [-0.05, 0) is 24.0 Å². The molecule has 0 bridgehead atoms. The van der Waals surface area contributed by atoms with E-state index in [1.165, 1.54) is 11.1 Å². The Kier molecular flexibility index (Phi) is 5.04. The van der Waals surface area contributed by atoms with E-state index in [1.807, 2.05) is 12.1 Å². The quantitative estimate of drug-likeness (QED) is 0.848. The molecule has 2 atom stereocenters. The second kappa shape index (κ2) is 7.39. The highest BCUT2D eigenvalue weighted by atomic mass is 16.3. The van der Waals surface area contributed by atoms with Crippen molar-refractivity contribution in [1.82, 2.24) is 4.90 Å². The molecule has 0 fully saturated rings. The molecule has 2 nitrogen and oxygen atoms in total. The number of hydrogen-bond acceptors (Lipinski definition) is 2. The molecule has 0 saturated carbocycles. The number of hydrogen-bond donors (Lipinski definition) is 1. The zero-order valence-corrected chi connectivity index (χ0v) is 12.8. The van der Waals surface area contributed by atoms with Crippen LogP contribution in [0.2, 0.25) is 0 Å². The number of nitrogens with zero attached hydrogens (tertiary/aromatic N) is 1. The minimum absolute atomic E-state index is 0.0918. The maximum Gasteiger partial charge on any atom is 0.0734 e. The third-order valence-corrected chi connectivity index (χ3v) is 4.24. The zero-order valence-electron chi connectivity index (χ0n) is 12.8. The van der Waals surface area contributed by atoms with E-state index in [0.29, 0.717) is 0 Å². The van der Waals surface area contributed by atoms with Gasteiger partial charge < -0.3 is 5.11 Å². The highest BCUT2D eigenvalue weighted by molar-refractivity contribution is 5.18. The molecule has 2 aromatic carbocycles. The molecule has 114 valence electrons. The van der Waals surface area contributed by atoms with E-state index in [2.05, 4.69) is 65.6 Å². The predicted molar refractivity (Wildman–Crippen MR) is 90.3 cm³/mol. The van der Waals surface area contributed by atoms with Crippen LogP contribution in [-0.4, -0.2) is 22.2 Å². The fraction of sp³-hybridized carbons (Fsp3) is 0.300. The first-order valence-electron chi connectivity index (χ1n) is 7.99. The SMILES string of the molecule is O[C@@H]1CCC=C[C@H]1N(Cc1ccccc1)Cc1ccccc1. The molecule has 2 heteroatoms. The molecule has 0 radical (unpaired) electrons. The van der Waals surface area contributed by atoms with Crippen LogP contribution in [0.25, 0.3) is 0 Å². The average Bonchev–Trinajstić information content (AvgIpc) is 2.57. The minimum Gasteiger partial charge on any atom is -0.391 e. The number of aliphatic hydroxyl groups is 1. The standard InChI is InChI=1S/C20H23NO/c22-20-14-8-7-13-19(20)21(15-17-9-3-1-4-10-17)16-18-11-5-2-6-12-18/h1-7,9-13,19-20,22H,8,14-16H2/t19-,20-/m1/s1. The maximum atomic E-state index is 10.4. The number of aliphatic hydroxyl groups excluding tert-OH is 1. The molecule has 0 aliphatic heterocycles. The normalized spacial score (nSPS) is 21.2. The van der Waals surface area contributed by atoms with Crippen LogP contribution in [0.5, 0.6) is 0 Å². The summed E-state index contributed by atoms with van der Waals surface area (Å²) >= 11 is 0. The lowest BCUT2D eigenvalue weighted by atomic mass is 9.97. The van der Waals surface area contributed by atoms with Crippen molar-refractivity contribution in [2.45, 2.75) is 38.1 Å². The summed E-state index contributed by atoms with van der Waals surface area (Å²) in [5.41, 5.74) is 2.56. The summed E-state index contributed by atoms with van der Waals surface area (Å²) in [7, 11) is 0. The monoisotopic (exact) mass is 293 g/mol. The highest BCUT2D eigenvalue weighted by Crippen LogP contribution is 2.22. The van der Waals surface area contributed by atoms with Crippen LogP contribution in [0.1, 0.15) is 24.0 Å². The Morgan fingerprint density at radius 3 is 1.91 bits per heavy atom.